The minimum Gasteiger partial charge on any atom is -0.357 e. The average molecular weight is 525 g/mol. The number of aliphatic imine (C=N–C) groups is 1. The Kier molecular flexibility index (Phi) is 9.07. The molecule has 0 radical (unpaired) electrons. The number of guanidine groups is 1. The summed E-state index contributed by atoms with van der Waals surface area (Å²) < 4.78 is 1.71. The van der Waals surface area contributed by atoms with Gasteiger partial charge < -0.3 is 15.1 Å². The van der Waals surface area contributed by atoms with E-state index in [1.165, 1.54) is 5.56 Å². The lowest BCUT2D eigenvalue weighted by molar-refractivity contribution is -0.120. The van der Waals surface area contributed by atoms with Crippen molar-refractivity contribution >= 4 is 41.5 Å². The number of carbonyl (C=O) groups excluding carboxylic acids is 1. The van der Waals surface area contributed by atoms with E-state index in [0.717, 1.165) is 24.7 Å². The Morgan fingerprint density at radius 3 is 2.67 bits per heavy atom. The number of carbonyl (C=O) groups is 1. The largest absolute Gasteiger partial charge is 0.357 e. The molecule has 1 N–H and O–H groups in total. The average Bonchev–Trinajstić information content (AvgIpc) is 3.14. The van der Waals surface area contributed by atoms with Crippen LogP contribution in [-0.2, 0) is 11.8 Å². The van der Waals surface area contributed by atoms with Gasteiger partial charge in [0.05, 0.1) is 11.9 Å². The highest BCUT2D eigenvalue weighted by Crippen LogP contribution is 2.24. The summed E-state index contributed by atoms with van der Waals surface area (Å²) in [5.41, 5.74) is 2.04. The summed E-state index contributed by atoms with van der Waals surface area (Å²) in [4.78, 5) is 25.7. The lowest BCUT2D eigenvalue weighted by Gasteiger charge is -2.35. The number of halogens is 1. The molecule has 164 valence electrons. The second-order valence-corrected chi connectivity index (χ2v) is 7.67. The molecule has 30 heavy (non-hydrogen) atoms. The highest BCUT2D eigenvalue weighted by molar-refractivity contribution is 14.0. The van der Waals surface area contributed by atoms with E-state index in [4.69, 9.17) is 4.99 Å². The van der Waals surface area contributed by atoms with E-state index in [2.05, 4.69) is 35.3 Å². The van der Waals surface area contributed by atoms with Gasteiger partial charge in [-0.3, -0.25) is 19.5 Å². The molecular weight excluding hydrogens is 493 g/mol. The maximum absolute atomic E-state index is 12.7. The first-order valence-electron chi connectivity index (χ1n) is 10.2. The van der Waals surface area contributed by atoms with Gasteiger partial charge in [0.2, 0.25) is 5.91 Å². The van der Waals surface area contributed by atoms with Crippen molar-refractivity contribution in [1.82, 2.24) is 25.0 Å². The number of hydrogen-bond acceptors (Lipinski definition) is 4. The molecular formula is C21H32IN7O. The zero-order valence-corrected chi connectivity index (χ0v) is 20.5. The van der Waals surface area contributed by atoms with Gasteiger partial charge in [0, 0.05) is 57.7 Å². The molecule has 1 amide bonds. The number of nitrogens with one attached hydrogen (secondary N) is 1. The molecule has 1 aliphatic heterocycles. The highest BCUT2D eigenvalue weighted by atomic mass is 127. The van der Waals surface area contributed by atoms with Crippen molar-refractivity contribution in [2.45, 2.75) is 26.7 Å². The number of nitrogens with zero attached hydrogens (tertiary/aromatic N) is 6. The molecule has 3 heterocycles. The van der Waals surface area contributed by atoms with Crippen molar-refractivity contribution in [3.63, 3.8) is 0 Å². The van der Waals surface area contributed by atoms with E-state index < -0.39 is 0 Å². The van der Waals surface area contributed by atoms with Crippen LogP contribution in [0, 0.1) is 5.92 Å². The summed E-state index contributed by atoms with van der Waals surface area (Å²) in [5, 5.41) is 7.52. The van der Waals surface area contributed by atoms with Crippen LogP contribution in [0.3, 0.4) is 0 Å². The van der Waals surface area contributed by atoms with Gasteiger partial charge in [-0.15, -0.1) is 24.0 Å². The monoisotopic (exact) mass is 525 g/mol. The highest BCUT2D eigenvalue weighted by Gasteiger charge is 2.28. The first-order chi connectivity index (χ1) is 14.0. The molecule has 1 fully saturated rings. The molecule has 1 aliphatic rings. The van der Waals surface area contributed by atoms with Gasteiger partial charge >= 0.3 is 0 Å². The number of rotatable bonds is 6. The van der Waals surface area contributed by atoms with Crippen LogP contribution < -0.4 is 10.2 Å². The Labute approximate surface area is 195 Å². The van der Waals surface area contributed by atoms with E-state index >= 15 is 0 Å². The summed E-state index contributed by atoms with van der Waals surface area (Å²) in [5.74, 6) is 1.57. The third-order valence-electron chi connectivity index (χ3n) is 5.21. The Hall–Kier alpha value is -2.17. The second-order valence-electron chi connectivity index (χ2n) is 7.67. The predicted molar refractivity (Wildman–Crippen MR) is 130 cm³/mol. The van der Waals surface area contributed by atoms with E-state index in [0.29, 0.717) is 25.6 Å². The van der Waals surface area contributed by atoms with Crippen LogP contribution in [-0.4, -0.2) is 64.3 Å². The zero-order valence-electron chi connectivity index (χ0n) is 18.2. The lowest BCUT2D eigenvalue weighted by Crippen LogP contribution is -2.55. The molecule has 0 saturated carbocycles. The van der Waals surface area contributed by atoms with Gasteiger partial charge in [-0.05, 0) is 24.5 Å². The van der Waals surface area contributed by atoms with E-state index in [9.17, 15) is 4.79 Å². The van der Waals surface area contributed by atoms with Crippen molar-refractivity contribution in [2.24, 2.45) is 18.0 Å². The summed E-state index contributed by atoms with van der Waals surface area (Å²) >= 11 is 0. The number of piperazine rings is 1. The molecule has 2 aromatic rings. The van der Waals surface area contributed by atoms with Crippen LogP contribution in [0.4, 0.5) is 5.69 Å². The molecule has 8 nitrogen and oxygen atoms in total. The quantitative estimate of drug-likeness (QED) is 0.356. The summed E-state index contributed by atoms with van der Waals surface area (Å²) in [6.07, 6.45) is 7.31. The van der Waals surface area contributed by atoms with Crippen molar-refractivity contribution in [2.75, 3.05) is 37.6 Å². The second kappa shape index (κ2) is 11.3. The molecule has 9 heteroatoms. The SMILES string of the molecule is CCNC(=NCC(c1cccnc1)C(C)C)N1CCN(c2cnn(C)c2)C(=O)C1.I. The first-order valence-corrected chi connectivity index (χ1v) is 10.2. The first kappa shape index (κ1) is 24.1. The molecule has 1 atom stereocenters. The van der Waals surface area contributed by atoms with Gasteiger partial charge in [-0.2, -0.15) is 5.10 Å². The fraction of sp³-hybridized carbons (Fsp3) is 0.524. The maximum Gasteiger partial charge on any atom is 0.246 e. The number of pyridine rings is 1. The Morgan fingerprint density at radius 2 is 2.10 bits per heavy atom. The van der Waals surface area contributed by atoms with Crippen LogP contribution in [0.2, 0.25) is 0 Å². The topological polar surface area (TPSA) is 78.7 Å². The summed E-state index contributed by atoms with van der Waals surface area (Å²) in [6, 6.07) is 4.08. The Morgan fingerprint density at radius 1 is 1.30 bits per heavy atom. The van der Waals surface area contributed by atoms with E-state index in [1.54, 1.807) is 22.0 Å². The maximum atomic E-state index is 12.7. The molecule has 0 aromatic carbocycles. The number of amides is 1. The van der Waals surface area contributed by atoms with Crippen molar-refractivity contribution in [3.8, 4) is 0 Å². The van der Waals surface area contributed by atoms with Crippen LogP contribution in [0.25, 0.3) is 0 Å². The van der Waals surface area contributed by atoms with E-state index in [1.807, 2.05) is 37.3 Å². The molecule has 0 aliphatic carbocycles. The van der Waals surface area contributed by atoms with Crippen molar-refractivity contribution in [1.29, 1.82) is 0 Å². The van der Waals surface area contributed by atoms with Crippen LogP contribution in [0.1, 0.15) is 32.3 Å². The smallest absolute Gasteiger partial charge is 0.246 e. The fourth-order valence-electron chi connectivity index (χ4n) is 3.58. The zero-order chi connectivity index (χ0) is 20.8. The van der Waals surface area contributed by atoms with Crippen molar-refractivity contribution < 1.29 is 4.79 Å². The number of aromatic nitrogens is 3. The van der Waals surface area contributed by atoms with Gasteiger partial charge in [-0.1, -0.05) is 19.9 Å². The Bertz CT molecular complexity index is 837. The normalized spacial score (nSPS) is 15.9. The molecule has 3 rings (SSSR count). The van der Waals surface area contributed by atoms with Gasteiger partial charge in [0.25, 0.3) is 0 Å². The standard InChI is InChI=1S/C21H31N7O.HI/c1-5-23-21(24-13-19(16(2)3)17-7-6-8-22-11-17)27-9-10-28(20(29)15-27)18-12-25-26(4)14-18;/h6-8,11-12,14,16,19H,5,9-10,13,15H2,1-4H3,(H,23,24);1H. The lowest BCUT2D eigenvalue weighted by atomic mass is 9.89. The fourth-order valence-corrected chi connectivity index (χ4v) is 3.58. The third-order valence-corrected chi connectivity index (χ3v) is 5.21. The van der Waals surface area contributed by atoms with Crippen LogP contribution in [0.15, 0.2) is 41.9 Å². The molecule has 2 aromatic heterocycles. The Balaban J connectivity index is 0.00000320. The van der Waals surface area contributed by atoms with Crippen LogP contribution in [0.5, 0.6) is 0 Å². The molecule has 1 unspecified atom stereocenters. The third kappa shape index (κ3) is 5.93. The van der Waals surface area contributed by atoms with Gasteiger partial charge in [-0.25, -0.2) is 0 Å². The van der Waals surface area contributed by atoms with Gasteiger partial charge in [0.15, 0.2) is 5.96 Å². The van der Waals surface area contributed by atoms with Gasteiger partial charge in [0.1, 0.15) is 6.54 Å². The molecule has 1 saturated heterocycles. The molecule has 0 spiro atoms. The number of aryl methyl sites for hydroxylation is 1. The summed E-state index contributed by atoms with van der Waals surface area (Å²) in [6.45, 7) is 9.52. The van der Waals surface area contributed by atoms with Crippen LogP contribution >= 0.6 is 24.0 Å². The number of anilines is 1. The number of hydrogen-bond donors (Lipinski definition) is 1. The minimum absolute atomic E-state index is 0. The minimum atomic E-state index is 0. The van der Waals surface area contributed by atoms with E-state index in [-0.39, 0.29) is 35.8 Å². The summed E-state index contributed by atoms with van der Waals surface area (Å²) in [7, 11) is 1.85. The molecule has 0 bridgehead atoms. The predicted octanol–water partition coefficient (Wildman–Crippen LogP) is 2.49. The van der Waals surface area contributed by atoms with Crippen molar-refractivity contribution in [3.05, 3.63) is 42.5 Å².